The van der Waals surface area contributed by atoms with Crippen molar-refractivity contribution < 1.29 is 4.79 Å². The number of halogens is 2. The predicted octanol–water partition coefficient (Wildman–Crippen LogP) is 2.75. The van der Waals surface area contributed by atoms with Gasteiger partial charge in [-0.05, 0) is 30.5 Å². The second-order valence-corrected chi connectivity index (χ2v) is 6.81. The highest BCUT2D eigenvalue weighted by atomic mass is 35.5. The van der Waals surface area contributed by atoms with Crippen molar-refractivity contribution in [3.05, 3.63) is 30.1 Å². The average molecular weight is 366 g/mol. The number of nitrogens with zero attached hydrogens (tertiary/aromatic N) is 2. The Kier molecular flexibility index (Phi) is 10.1. The van der Waals surface area contributed by atoms with Crippen LogP contribution in [-0.2, 0) is 10.5 Å². The number of aromatic nitrogens is 1. The lowest BCUT2D eigenvalue weighted by Crippen LogP contribution is -2.34. The van der Waals surface area contributed by atoms with Gasteiger partial charge in [0.25, 0.3) is 0 Å². The van der Waals surface area contributed by atoms with Crippen LogP contribution in [0.2, 0.25) is 0 Å². The molecular formula is C15H25Cl2N3OS. The third kappa shape index (κ3) is 6.32. The van der Waals surface area contributed by atoms with Crippen LogP contribution in [0.1, 0.15) is 25.5 Å². The summed E-state index contributed by atoms with van der Waals surface area (Å²) in [5.41, 5.74) is 6.96. The molecule has 0 spiro atoms. The van der Waals surface area contributed by atoms with E-state index in [2.05, 4.69) is 11.9 Å². The van der Waals surface area contributed by atoms with Gasteiger partial charge in [0.15, 0.2) is 0 Å². The van der Waals surface area contributed by atoms with Gasteiger partial charge < -0.3 is 10.6 Å². The van der Waals surface area contributed by atoms with Gasteiger partial charge in [0.1, 0.15) is 0 Å². The Bertz CT molecular complexity index is 450. The van der Waals surface area contributed by atoms with Gasteiger partial charge in [0, 0.05) is 37.2 Å². The molecule has 0 radical (unpaired) electrons. The first-order valence-corrected chi connectivity index (χ1v) is 8.24. The molecule has 1 fully saturated rings. The van der Waals surface area contributed by atoms with Crippen LogP contribution in [0.3, 0.4) is 0 Å². The SMILES string of the molecule is CC1(CN)CCN(C(=O)CCSCc2ccccn2)C1.Cl.Cl. The van der Waals surface area contributed by atoms with Crippen LogP contribution < -0.4 is 5.73 Å². The summed E-state index contributed by atoms with van der Waals surface area (Å²) in [7, 11) is 0. The summed E-state index contributed by atoms with van der Waals surface area (Å²) in [4.78, 5) is 18.4. The summed E-state index contributed by atoms with van der Waals surface area (Å²) in [5, 5.41) is 0. The molecule has 1 aliphatic rings. The molecule has 1 aliphatic heterocycles. The molecule has 1 unspecified atom stereocenters. The normalized spacial score (nSPS) is 20.2. The first kappa shape index (κ1) is 21.5. The van der Waals surface area contributed by atoms with E-state index in [1.165, 1.54) is 0 Å². The number of pyridine rings is 1. The Morgan fingerprint density at radius 1 is 1.45 bits per heavy atom. The molecule has 0 aliphatic carbocycles. The van der Waals surface area contributed by atoms with Crippen molar-refractivity contribution in [2.45, 2.75) is 25.5 Å². The van der Waals surface area contributed by atoms with Gasteiger partial charge in [-0.3, -0.25) is 9.78 Å². The molecule has 0 aromatic carbocycles. The molecule has 0 saturated carbocycles. The fraction of sp³-hybridized carbons (Fsp3) is 0.600. The van der Waals surface area contributed by atoms with Crippen LogP contribution in [0, 0.1) is 5.41 Å². The van der Waals surface area contributed by atoms with Crippen molar-refractivity contribution >= 4 is 42.5 Å². The number of thioether (sulfide) groups is 1. The quantitative estimate of drug-likeness (QED) is 0.787. The first-order valence-electron chi connectivity index (χ1n) is 7.08. The highest BCUT2D eigenvalue weighted by Gasteiger charge is 2.34. The van der Waals surface area contributed by atoms with Gasteiger partial charge in [-0.1, -0.05) is 13.0 Å². The van der Waals surface area contributed by atoms with Crippen molar-refractivity contribution in [3.63, 3.8) is 0 Å². The van der Waals surface area contributed by atoms with Gasteiger partial charge in [-0.15, -0.1) is 24.8 Å². The van der Waals surface area contributed by atoms with Crippen LogP contribution in [0.4, 0.5) is 0 Å². The van der Waals surface area contributed by atoms with Crippen LogP contribution in [0.5, 0.6) is 0 Å². The third-order valence-electron chi connectivity index (χ3n) is 3.84. The second kappa shape index (κ2) is 10.3. The van der Waals surface area contributed by atoms with Crippen molar-refractivity contribution in [2.24, 2.45) is 11.1 Å². The molecule has 2 heterocycles. The maximum atomic E-state index is 12.1. The van der Waals surface area contributed by atoms with E-state index in [-0.39, 0.29) is 36.1 Å². The van der Waals surface area contributed by atoms with Crippen LogP contribution >= 0.6 is 36.6 Å². The number of nitrogens with two attached hydrogens (primary N) is 1. The van der Waals surface area contributed by atoms with Gasteiger partial charge in [-0.2, -0.15) is 11.8 Å². The van der Waals surface area contributed by atoms with Crippen LogP contribution in [-0.4, -0.2) is 41.2 Å². The van der Waals surface area contributed by atoms with Crippen molar-refractivity contribution in [3.8, 4) is 0 Å². The number of likely N-dealkylation sites (tertiary alicyclic amines) is 1. The van der Waals surface area contributed by atoms with Crippen molar-refractivity contribution in [1.29, 1.82) is 0 Å². The minimum absolute atomic E-state index is 0. The minimum atomic E-state index is 0. The molecule has 22 heavy (non-hydrogen) atoms. The topological polar surface area (TPSA) is 59.2 Å². The van der Waals surface area contributed by atoms with E-state index in [0.717, 1.165) is 36.7 Å². The number of carbonyl (C=O) groups is 1. The largest absolute Gasteiger partial charge is 0.342 e. The van der Waals surface area contributed by atoms with Crippen molar-refractivity contribution in [2.75, 3.05) is 25.4 Å². The smallest absolute Gasteiger partial charge is 0.223 e. The van der Waals surface area contributed by atoms with E-state index in [4.69, 9.17) is 5.73 Å². The minimum Gasteiger partial charge on any atom is -0.342 e. The predicted molar refractivity (Wildman–Crippen MR) is 97.9 cm³/mol. The highest BCUT2D eigenvalue weighted by molar-refractivity contribution is 7.98. The Labute approximate surface area is 149 Å². The lowest BCUT2D eigenvalue weighted by molar-refractivity contribution is -0.130. The van der Waals surface area contributed by atoms with Gasteiger partial charge in [0.2, 0.25) is 5.91 Å². The summed E-state index contributed by atoms with van der Waals surface area (Å²) >= 11 is 1.76. The molecule has 2 N–H and O–H groups in total. The molecule has 126 valence electrons. The molecule has 7 heteroatoms. The number of rotatable bonds is 6. The van der Waals surface area contributed by atoms with E-state index in [1.807, 2.05) is 23.1 Å². The lowest BCUT2D eigenvalue weighted by Gasteiger charge is -2.22. The highest BCUT2D eigenvalue weighted by Crippen LogP contribution is 2.28. The summed E-state index contributed by atoms with van der Waals surface area (Å²) in [6.07, 6.45) is 3.44. The molecule has 4 nitrogen and oxygen atoms in total. The maximum absolute atomic E-state index is 12.1. The number of carbonyl (C=O) groups excluding carboxylic acids is 1. The maximum Gasteiger partial charge on any atom is 0.223 e. The first-order chi connectivity index (χ1) is 9.63. The summed E-state index contributed by atoms with van der Waals surface area (Å²) in [6, 6.07) is 5.92. The van der Waals surface area contributed by atoms with E-state index >= 15 is 0 Å². The molecular weight excluding hydrogens is 341 g/mol. The zero-order valence-corrected chi connectivity index (χ0v) is 15.3. The third-order valence-corrected chi connectivity index (χ3v) is 4.83. The summed E-state index contributed by atoms with van der Waals surface area (Å²) in [5.74, 6) is 1.98. The van der Waals surface area contributed by atoms with Gasteiger partial charge >= 0.3 is 0 Å². The fourth-order valence-electron chi connectivity index (χ4n) is 2.38. The molecule has 1 amide bonds. The Morgan fingerprint density at radius 3 is 2.82 bits per heavy atom. The summed E-state index contributed by atoms with van der Waals surface area (Å²) < 4.78 is 0. The fourth-order valence-corrected chi connectivity index (χ4v) is 3.22. The van der Waals surface area contributed by atoms with Crippen LogP contribution in [0.15, 0.2) is 24.4 Å². The monoisotopic (exact) mass is 365 g/mol. The molecule has 1 aromatic heterocycles. The van der Waals surface area contributed by atoms with E-state index in [0.29, 0.717) is 13.0 Å². The lowest BCUT2D eigenvalue weighted by atomic mass is 9.90. The van der Waals surface area contributed by atoms with Crippen molar-refractivity contribution in [1.82, 2.24) is 9.88 Å². The van der Waals surface area contributed by atoms with Crippen LogP contribution in [0.25, 0.3) is 0 Å². The van der Waals surface area contributed by atoms with E-state index in [1.54, 1.807) is 18.0 Å². The number of hydrogen-bond donors (Lipinski definition) is 1. The Balaban J connectivity index is 0.00000220. The average Bonchev–Trinajstić information content (AvgIpc) is 2.88. The molecule has 1 aromatic rings. The Morgan fingerprint density at radius 2 is 2.23 bits per heavy atom. The number of hydrogen-bond acceptors (Lipinski definition) is 4. The van der Waals surface area contributed by atoms with E-state index in [9.17, 15) is 4.79 Å². The molecule has 0 bridgehead atoms. The molecule has 1 saturated heterocycles. The second-order valence-electron chi connectivity index (χ2n) is 5.70. The zero-order valence-electron chi connectivity index (χ0n) is 12.9. The van der Waals surface area contributed by atoms with E-state index < -0.39 is 0 Å². The van der Waals surface area contributed by atoms with Gasteiger partial charge in [0.05, 0.1) is 5.69 Å². The Hall–Kier alpha value is -0.490. The molecule has 2 rings (SSSR count). The summed E-state index contributed by atoms with van der Waals surface area (Å²) in [6.45, 7) is 4.49. The molecule has 1 atom stereocenters. The standard InChI is InChI=1S/C15H23N3OS.2ClH/c1-15(11-16)6-8-18(12-15)14(19)5-9-20-10-13-4-2-3-7-17-13;;/h2-4,7H,5-6,8-12,16H2,1H3;2*1H. The zero-order chi connectivity index (χ0) is 14.4. The van der Waals surface area contributed by atoms with Gasteiger partial charge in [-0.25, -0.2) is 0 Å². The number of amides is 1.